The van der Waals surface area contributed by atoms with E-state index in [4.69, 9.17) is 0 Å². The van der Waals surface area contributed by atoms with E-state index >= 15 is 0 Å². The molecule has 0 aromatic carbocycles. The number of Topliss-reactive ketones (excluding diaryl/α,β-unsaturated/α-hetero) is 1. The number of piperidine rings is 1. The molecule has 0 bridgehead atoms. The average molecular weight is 218 g/mol. The Bertz CT molecular complexity index is 174. The van der Waals surface area contributed by atoms with Gasteiger partial charge in [0.15, 0.2) is 0 Å². The number of nitrogens with one attached hydrogen (secondary N) is 2. The van der Waals surface area contributed by atoms with Crippen LogP contribution in [0.2, 0.25) is 0 Å². The first-order chi connectivity index (χ1) is 7.25. The summed E-state index contributed by atoms with van der Waals surface area (Å²) >= 11 is 0. The maximum absolute atomic E-state index is 11.4. The normalized spacial score (nSPS) is 18.9. The lowest BCUT2D eigenvalue weighted by molar-refractivity contribution is -0.120. The molecule has 1 saturated heterocycles. The first kappa shape index (κ1) is 14.6. The van der Waals surface area contributed by atoms with Gasteiger partial charge in [0.05, 0.1) is 6.04 Å². The lowest BCUT2D eigenvalue weighted by Gasteiger charge is -2.29. The predicted molar refractivity (Wildman–Crippen MR) is 69.3 cm³/mol. The van der Waals surface area contributed by atoms with Gasteiger partial charge in [-0.1, -0.05) is 20.8 Å². The van der Waals surface area contributed by atoms with Gasteiger partial charge in [-0.15, -0.1) is 0 Å². The van der Waals surface area contributed by atoms with E-state index in [1.54, 1.807) is 6.92 Å². The van der Waals surface area contributed by atoms with E-state index in [2.05, 4.69) is 17.6 Å². The highest BCUT2D eigenvalue weighted by Gasteiger charge is 2.25. The number of carbonyl (C=O) groups excluding carboxylic acids is 1. The van der Waals surface area contributed by atoms with Crippen LogP contribution in [-0.2, 0) is 4.79 Å². The van der Waals surface area contributed by atoms with E-state index in [0.717, 1.165) is 32.5 Å². The summed E-state index contributed by atoms with van der Waals surface area (Å²) in [6.07, 6.45) is 2.24. The van der Waals surface area contributed by atoms with Crippen LogP contribution in [0.25, 0.3) is 0 Å². The smallest absolute Gasteiger partial charge is 0.146 e. The highest BCUT2D eigenvalue weighted by Crippen LogP contribution is 2.16. The van der Waals surface area contributed by atoms with Crippen LogP contribution in [0.5, 0.6) is 0 Å². The molecule has 0 aliphatic carbocycles. The van der Waals surface area contributed by atoms with Gasteiger partial charge in [0.25, 0.3) is 0 Å². The fourth-order valence-electron chi connectivity index (χ4n) is 2.04. The Morgan fingerprint density at radius 1 is 1.47 bits per heavy atom. The Hall–Kier alpha value is -0.410. The van der Waals surface area contributed by atoms with Gasteiger partial charge < -0.3 is 10.6 Å². The third-order valence-electron chi connectivity index (χ3n) is 2.72. The van der Waals surface area contributed by atoms with Gasteiger partial charge >= 0.3 is 0 Å². The van der Waals surface area contributed by atoms with Crippen molar-refractivity contribution in [3.63, 3.8) is 0 Å². The molecule has 1 rings (SSSR count). The monoisotopic (exact) mass is 218 g/mol. The Morgan fingerprint density at radius 2 is 2.00 bits per heavy atom. The topological polar surface area (TPSA) is 41.1 Å². The van der Waals surface area contributed by atoms with E-state index in [9.17, 15) is 4.79 Å². The zero-order valence-electron chi connectivity index (χ0n) is 10.6. The number of ketones is 1. The highest BCUT2D eigenvalue weighted by atomic mass is 16.1. The molecule has 0 spiro atoms. The van der Waals surface area contributed by atoms with Gasteiger partial charge in [0, 0.05) is 2.85 Å². The molecular weight excluding hydrogens is 188 g/mol. The van der Waals surface area contributed by atoms with Gasteiger partial charge in [-0.05, 0) is 45.3 Å². The molecule has 0 saturated carbocycles. The lowest BCUT2D eigenvalue weighted by atomic mass is 9.88. The summed E-state index contributed by atoms with van der Waals surface area (Å²) in [6.45, 7) is 10.7. The SMILES string of the molecule is CC.CCNC(C(C)=O)C1CCNCC1.[HH].[HH]. The summed E-state index contributed by atoms with van der Waals surface area (Å²) in [7, 11) is 0. The quantitative estimate of drug-likeness (QED) is 0.759. The Kier molecular flexibility index (Phi) is 8.62. The molecule has 0 aromatic rings. The molecule has 1 aliphatic rings. The van der Waals surface area contributed by atoms with Gasteiger partial charge in [-0.25, -0.2) is 0 Å². The van der Waals surface area contributed by atoms with Crippen molar-refractivity contribution in [1.82, 2.24) is 10.6 Å². The summed E-state index contributed by atoms with van der Waals surface area (Å²) in [4.78, 5) is 11.4. The van der Waals surface area contributed by atoms with Crippen molar-refractivity contribution < 1.29 is 7.65 Å². The van der Waals surface area contributed by atoms with Crippen LogP contribution in [-0.4, -0.2) is 31.5 Å². The summed E-state index contributed by atoms with van der Waals surface area (Å²) in [5.41, 5.74) is 0. The van der Waals surface area contributed by atoms with Crippen molar-refractivity contribution in [2.75, 3.05) is 19.6 Å². The van der Waals surface area contributed by atoms with Crippen LogP contribution in [0.4, 0.5) is 0 Å². The molecule has 1 atom stereocenters. The van der Waals surface area contributed by atoms with Gasteiger partial charge in [-0.3, -0.25) is 4.79 Å². The van der Waals surface area contributed by atoms with Crippen LogP contribution in [0.3, 0.4) is 0 Å². The van der Waals surface area contributed by atoms with Crippen molar-refractivity contribution in [2.45, 2.75) is 46.6 Å². The molecule has 3 nitrogen and oxygen atoms in total. The van der Waals surface area contributed by atoms with Gasteiger partial charge in [-0.2, -0.15) is 0 Å². The summed E-state index contributed by atoms with van der Waals surface area (Å²) in [6, 6.07) is 0.0899. The fraction of sp³-hybridized carbons (Fsp3) is 0.917. The maximum atomic E-state index is 11.4. The standard InChI is InChI=1S/C10H20N2O.C2H6.2H2/c1-3-12-10(8(2)13)9-4-6-11-7-5-9;1-2;;/h9-12H,3-7H2,1-2H3;1-2H3;2*1H. The first-order valence-corrected chi connectivity index (χ1v) is 6.20. The minimum atomic E-state index is 0. The van der Waals surface area contributed by atoms with E-state index in [1.165, 1.54) is 0 Å². The second kappa shape index (κ2) is 8.86. The Labute approximate surface area is 97.0 Å². The van der Waals surface area contributed by atoms with E-state index in [1.807, 2.05) is 13.8 Å². The minimum Gasteiger partial charge on any atom is -0.317 e. The van der Waals surface area contributed by atoms with Crippen molar-refractivity contribution in [3.8, 4) is 0 Å². The first-order valence-electron chi connectivity index (χ1n) is 6.20. The molecule has 0 amide bonds. The zero-order valence-corrected chi connectivity index (χ0v) is 10.6. The molecule has 1 fully saturated rings. The fourth-order valence-corrected chi connectivity index (χ4v) is 2.04. The summed E-state index contributed by atoms with van der Waals surface area (Å²) in [5.74, 6) is 0.826. The molecule has 3 heteroatoms. The molecule has 94 valence electrons. The molecule has 0 radical (unpaired) electrons. The zero-order chi connectivity index (χ0) is 11.7. The van der Waals surface area contributed by atoms with E-state index < -0.39 is 0 Å². The highest BCUT2D eigenvalue weighted by molar-refractivity contribution is 5.81. The Morgan fingerprint density at radius 3 is 2.40 bits per heavy atom. The summed E-state index contributed by atoms with van der Waals surface area (Å²) < 4.78 is 0. The number of hydrogen-bond donors (Lipinski definition) is 2. The van der Waals surface area contributed by atoms with Crippen molar-refractivity contribution in [3.05, 3.63) is 0 Å². The Balaban J connectivity index is -0.000000464. The molecule has 2 N–H and O–H groups in total. The van der Waals surface area contributed by atoms with Gasteiger partial charge in [0.1, 0.15) is 5.78 Å². The molecule has 1 aliphatic heterocycles. The minimum absolute atomic E-state index is 0. The molecule has 1 unspecified atom stereocenters. The summed E-state index contributed by atoms with van der Waals surface area (Å²) in [5, 5.41) is 6.59. The second-order valence-corrected chi connectivity index (χ2v) is 3.73. The van der Waals surface area contributed by atoms with E-state index in [0.29, 0.717) is 5.92 Å². The number of hydrogen-bond acceptors (Lipinski definition) is 3. The third-order valence-corrected chi connectivity index (χ3v) is 2.72. The largest absolute Gasteiger partial charge is 0.317 e. The van der Waals surface area contributed by atoms with Crippen LogP contribution in [0.15, 0.2) is 0 Å². The second-order valence-electron chi connectivity index (χ2n) is 3.73. The van der Waals surface area contributed by atoms with Crippen LogP contribution in [0, 0.1) is 5.92 Å². The van der Waals surface area contributed by atoms with Crippen LogP contribution in [0.1, 0.15) is 43.4 Å². The molecule has 1 heterocycles. The van der Waals surface area contributed by atoms with Crippen molar-refractivity contribution >= 4 is 5.78 Å². The molecular formula is C12H30N2O. The molecule has 0 aromatic heterocycles. The van der Waals surface area contributed by atoms with Crippen LogP contribution >= 0.6 is 0 Å². The average Bonchev–Trinajstić information content (AvgIpc) is 2.29. The predicted octanol–water partition coefficient (Wildman–Crippen LogP) is 2.07. The van der Waals surface area contributed by atoms with Crippen molar-refractivity contribution in [2.24, 2.45) is 5.92 Å². The number of rotatable bonds is 4. The molecule has 15 heavy (non-hydrogen) atoms. The number of carbonyl (C=O) groups is 1. The van der Waals surface area contributed by atoms with E-state index in [-0.39, 0.29) is 14.7 Å². The lowest BCUT2D eigenvalue weighted by Crippen LogP contribution is -2.45. The van der Waals surface area contributed by atoms with Gasteiger partial charge in [0.2, 0.25) is 0 Å². The van der Waals surface area contributed by atoms with Crippen molar-refractivity contribution in [1.29, 1.82) is 0 Å². The number of likely N-dealkylation sites (N-methyl/N-ethyl adjacent to an activating group) is 1. The third kappa shape index (κ3) is 5.28. The maximum Gasteiger partial charge on any atom is 0.146 e. The van der Waals surface area contributed by atoms with Crippen LogP contribution < -0.4 is 10.6 Å².